The van der Waals surface area contributed by atoms with E-state index in [1.807, 2.05) is 31.2 Å². The van der Waals surface area contributed by atoms with Crippen LogP contribution in [0.3, 0.4) is 0 Å². The molecule has 0 spiro atoms. The summed E-state index contributed by atoms with van der Waals surface area (Å²) in [7, 11) is 0. The van der Waals surface area contributed by atoms with Crippen molar-refractivity contribution in [2.45, 2.75) is 13.8 Å². The number of benzene rings is 1. The molecule has 6 heteroatoms. The minimum Gasteiger partial charge on any atom is -0.494 e. The van der Waals surface area contributed by atoms with Crippen LogP contribution in [0, 0.1) is 0 Å². The van der Waals surface area contributed by atoms with Crippen LogP contribution in [-0.2, 0) is 4.74 Å². The van der Waals surface area contributed by atoms with E-state index in [1.165, 1.54) is 6.33 Å². The maximum absolute atomic E-state index is 11.7. The smallest absolute Gasteiger partial charge is 0.360 e. The first-order chi connectivity index (χ1) is 9.67. The summed E-state index contributed by atoms with van der Waals surface area (Å²) in [6, 6.07) is 7.39. The van der Waals surface area contributed by atoms with E-state index in [1.54, 1.807) is 11.5 Å². The van der Waals surface area contributed by atoms with E-state index >= 15 is 0 Å². The van der Waals surface area contributed by atoms with E-state index in [-0.39, 0.29) is 18.1 Å². The van der Waals surface area contributed by atoms with Crippen LogP contribution in [0.2, 0.25) is 0 Å². The first kappa shape index (κ1) is 13.9. The van der Waals surface area contributed by atoms with Gasteiger partial charge in [0.05, 0.1) is 18.9 Å². The molecule has 0 saturated carbocycles. The van der Waals surface area contributed by atoms with Crippen molar-refractivity contribution in [3.8, 4) is 11.4 Å². The average Bonchev–Trinajstić information content (AvgIpc) is 2.82. The largest absolute Gasteiger partial charge is 0.494 e. The molecule has 1 aromatic heterocycles. The second-order valence-electron chi connectivity index (χ2n) is 4.00. The fourth-order valence-electron chi connectivity index (χ4n) is 1.81. The molecule has 0 atom stereocenters. The molecule has 106 valence electrons. The number of carbonyl (C=O) groups is 1. The summed E-state index contributed by atoms with van der Waals surface area (Å²) in [6.07, 6.45) is 1.49. The highest BCUT2D eigenvalue weighted by molar-refractivity contribution is 5.92. The predicted molar refractivity (Wildman–Crippen MR) is 75.1 cm³/mol. The van der Waals surface area contributed by atoms with Crippen molar-refractivity contribution in [2.24, 2.45) is 0 Å². The summed E-state index contributed by atoms with van der Waals surface area (Å²) in [5, 5.41) is 0. The van der Waals surface area contributed by atoms with Crippen LogP contribution in [0.5, 0.6) is 5.75 Å². The number of aromatic nitrogens is 2. The van der Waals surface area contributed by atoms with Crippen molar-refractivity contribution in [1.82, 2.24) is 9.55 Å². The highest BCUT2D eigenvalue weighted by atomic mass is 16.5. The van der Waals surface area contributed by atoms with E-state index in [2.05, 4.69) is 4.98 Å². The first-order valence-corrected chi connectivity index (χ1v) is 6.40. The normalized spacial score (nSPS) is 10.3. The van der Waals surface area contributed by atoms with Gasteiger partial charge in [-0.3, -0.25) is 4.57 Å². The van der Waals surface area contributed by atoms with Crippen molar-refractivity contribution in [3.05, 3.63) is 36.3 Å². The molecule has 0 radical (unpaired) electrons. The van der Waals surface area contributed by atoms with Crippen molar-refractivity contribution >= 4 is 11.8 Å². The number of anilines is 1. The Morgan fingerprint density at radius 1 is 1.35 bits per heavy atom. The second kappa shape index (κ2) is 6.10. The Labute approximate surface area is 117 Å². The minimum absolute atomic E-state index is 0.119. The number of nitrogen functional groups attached to an aromatic ring is 1. The van der Waals surface area contributed by atoms with Gasteiger partial charge in [-0.1, -0.05) is 6.07 Å². The highest BCUT2D eigenvalue weighted by Crippen LogP contribution is 2.21. The van der Waals surface area contributed by atoms with Gasteiger partial charge in [0.25, 0.3) is 0 Å². The van der Waals surface area contributed by atoms with Gasteiger partial charge in [0, 0.05) is 6.07 Å². The lowest BCUT2D eigenvalue weighted by Crippen LogP contribution is -2.09. The lowest BCUT2D eigenvalue weighted by molar-refractivity contribution is 0.0521. The molecule has 0 aliphatic rings. The molecule has 2 aromatic rings. The van der Waals surface area contributed by atoms with E-state index in [0.29, 0.717) is 6.61 Å². The molecule has 0 amide bonds. The number of hydrogen-bond donors (Lipinski definition) is 1. The average molecular weight is 275 g/mol. The molecule has 0 saturated heterocycles. The maximum atomic E-state index is 11.7. The number of carbonyl (C=O) groups excluding carboxylic acids is 1. The number of hydrogen-bond acceptors (Lipinski definition) is 5. The van der Waals surface area contributed by atoms with Crippen LogP contribution >= 0.6 is 0 Å². The van der Waals surface area contributed by atoms with Crippen molar-refractivity contribution in [2.75, 3.05) is 18.9 Å². The Morgan fingerprint density at radius 2 is 2.15 bits per heavy atom. The van der Waals surface area contributed by atoms with Crippen LogP contribution in [0.4, 0.5) is 5.82 Å². The molecule has 1 heterocycles. The zero-order chi connectivity index (χ0) is 14.5. The van der Waals surface area contributed by atoms with Gasteiger partial charge in [-0.2, -0.15) is 0 Å². The quantitative estimate of drug-likeness (QED) is 0.844. The van der Waals surface area contributed by atoms with Crippen molar-refractivity contribution < 1.29 is 14.3 Å². The third-order valence-corrected chi connectivity index (χ3v) is 2.68. The van der Waals surface area contributed by atoms with Gasteiger partial charge in [-0.05, 0) is 26.0 Å². The zero-order valence-corrected chi connectivity index (χ0v) is 11.5. The molecule has 0 unspecified atom stereocenters. The number of imidazole rings is 1. The molecular weight excluding hydrogens is 258 g/mol. The molecular formula is C14H17N3O3. The van der Waals surface area contributed by atoms with E-state index < -0.39 is 5.97 Å². The van der Waals surface area contributed by atoms with E-state index in [9.17, 15) is 4.79 Å². The van der Waals surface area contributed by atoms with Gasteiger partial charge in [-0.25, -0.2) is 9.78 Å². The Bertz CT molecular complexity index is 607. The van der Waals surface area contributed by atoms with Crippen LogP contribution < -0.4 is 10.5 Å². The Kier molecular flexibility index (Phi) is 4.24. The Hall–Kier alpha value is -2.50. The monoisotopic (exact) mass is 275 g/mol. The maximum Gasteiger partial charge on any atom is 0.360 e. The summed E-state index contributed by atoms with van der Waals surface area (Å²) < 4.78 is 12.0. The molecule has 0 bridgehead atoms. The van der Waals surface area contributed by atoms with Gasteiger partial charge in [0.2, 0.25) is 0 Å². The molecule has 6 nitrogen and oxygen atoms in total. The van der Waals surface area contributed by atoms with Gasteiger partial charge in [0.15, 0.2) is 5.69 Å². The van der Waals surface area contributed by atoms with Crippen LogP contribution in [-0.4, -0.2) is 28.7 Å². The van der Waals surface area contributed by atoms with E-state index in [4.69, 9.17) is 15.2 Å². The molecule has 2 N–H and O–H groups in total. The van der Waals surface area contributed by atoms with Crippen LogP contribution in [0.1, 0.15) is 24.3 Å². The molecule has 0 aliphatic heterocycles. The zero-order valence-electron chi connectivity index (χ0n) is 11.5. The fourth-order valence-corrected chi connectivity index (χ4v) is 1.81. The van der Waals surface area contributed by atoms with Gasteiger partial charge in [0.1, 0.15) is 17.9 Å². The summed E-state index contributed by atoms with van der Waals surface area (Å²) in [4.78, 5) is 15.7. The molecule has 0 fully saturated rings. The lowest BCUT2D eigenvalue weighted by atomic mass is 10.3. The lowest BCUT2D eigenvalue weighted by Gasteiger charge is -2.08. The minimum atomic E-state index is -0.523. The van der Waals surface area contributed by atoms with Gasteiger partial charge in [-0.15, -0.1) is 0 Å². The van der Waals surface area contributed by atoms with Gasteiger partial charge >= 0.3 is 5.97 Å². The summed E-state index contributed by atoms with van der Waals surface area (Å²) >= 11 is 0. The van der Waals surface area contributed by atoms with Crippen molar-refractivity contribution in [1.29, 1.82) is 0 Å². The standard InChI is InChI=1S/C14H17N3O3/c1-3-19-11-7-5-6-10(8-11)17-9-16-12(13(17)15)14(18)20-4-2/h5-9H,3-4,15H2,1-2H3. The molecule has 2 rings (SSSR count). The van der Waals surface area contributed by atoms with Crippen LogP contribution in [0.15, 0.2) is 30.6 Å². The van der Waals surface area contributed by atoms with E-state index in [0.717, 1.165) is 11.4 Å². The van der Waals surface area contributed by atoms with Crippen molar-refractivity contribution in [3.63, 3.8) is 0 Å². The van der Waals surface area contributed by atoms with Gasteiger partial charge < -0.3 is 15.2 Å². The van der Waals surface area contributed by atoms with Crippen LogP contribution in [0.25, 0.3) is 5.69 Å². The number of ether oxygens (including phenoxy) is 2. The summed E-state index contributed by atoms with van der Waals surface area (Å²) in [6.45, 7) is 4.51. The second-order valence-corrected chi connectivity index (χ2v) is 4.00. The predicted octanol–water partition coefficient (Wildman–Crippen LogP) is 2.03. The topological polar surface area (TPSA) is 79.4 Å². The summed E-state index contributed by atoms with van der Waals surface area (Å²) in [5.74, 6) is 0.456. The number of nitrogens with zero attached hydrogens (tertiary/aromatic N) is 2. The third-order valence-electron chi connectivity index (χ3n) is 2.68. The first-order valence-electron chi connectivity index (χ1n) is 6.40. The number of esters is 1. The molecule has 0 aliphatic carbocycles. The summed E-state index contributed by atoms with van der Waals surface area (Å²) in [5.41, 5.74) is 6.84. The molecule has 1 aromatic carbocycles. The Morgan fingerprint density at radius 3 is 2.85 bits per heavy atom. The highest BCUT2D eigenvalue weighted by Gasteiger charge is 2.17. The SMILES string of the molecule is CCOC(=O)c1ncn(-c2cccc(OCC)c2)c1N. The molecule has 20 heavy (non-hydrogen) atoms. The Balaban J connectivity index is 2.34. The number of nitrogens with two attached hydrogens (primary N) is 1. The third kappa shape index (κ3) is 2.74. The number of rotatable bonds is 5. The fraction of sp³-hybridized carbons (Fsp3) is 0.286.